The van der Waals surface area contributed by atoms with Crippen LogP contribution in [0.2, 0.25) is 0 Å². The zero-order chi connectivity index (χ0) is 19.3. The number of nitrogens with two attached hydrogens (primary N) is 1. The van der Waals surface area contributed by atoms with E-state index >= 15 is 0 Å². The Bertz CT molecular complexity index is 1220. The molecule has 3 aromatic rings. The number of aromatic nitrogens is 3. The third-order valence-electron chi connectivity index (χ3n) is 5.05. The van der Waals surface area contributed by atoms with Crippen LogP contribution < -0.4 is 21.9 Å². The van der Waals surface area contributed by atoms with Crippen LogP contribution in [-0.4, -0.2) is 26.6 Å². The minimum absolute atomic E-state index is 0. The minimum Gasteiger partial charge on any atom is -0.398 e. The van der Waals surface area contributed by atoms with Gasteiger partial charge in [0.2, 0.25) is 0 Å². The fraction of sp³-hybridized carbons (Fsp3) is 0.263. The molecule has 2 aromatic heterocycles. The van der Waals surface area contributed by atoms with E-state index < -0.39 is 11.2 Å². The third kappa shape index (κ3) is 3.49. The summed E-state index contributed by atoms with van der Waals surface area (Å²) in [6, 6.07) is 8.58. The van der Waals surface area contributed by atoms with Crippen molar-refractivity contribution in [1.82, 2.24) is 14.1 Å². The summed E-state index contributed by atoms with van der Waals surface area (Å²) in [4.78, 5) is 43.6. The Kier molecular flexibility index (Phi) is 6.40. The van der Waals surface area contributed by atoms with E-state index in [-0.39, 0.29) is 42.1 Å². The van der Waals surface area contributed by atoms with Crippen molar-refractivity contribution in [2.24, 2.45) is 14.1 Å². The highest BCUT2D eigenvalue weighted by Gasteiger charge is 2.26. The molecular formula is C19H21Cl2N5O3. The summed E-state index contributed by atoms with van der Waals surface area (Å²) >= 11 is 0. The van der Waals surface area contributed by atoms with E-state index in [2.05, 4.69) is 4.98 Å². The Morgan fingerprint density at radius 3 is 2.52 bits per heavy atom. The summed E-state index contributed by atoms with van der Waals surface area (Å²) in [5.74, 6) is -0.281. The Labute approximate surface area is 178 Å². The van der Waals surface area contributed by atoms with Crippen LogP contribution in [0.1, 0.15) is 22.5 Å². The smallest absolute Gasteiger partial charge is 0.332 e. The lowest BCUT2D eigenvalue weighted by Crippen LogP contribution is -2.38. The van der Waals surface area contributed by atoms with E-state index in [9.17, 15) is 14.4 Å². The number of aryl methyl sites for hydroxylation is 1. The number of carbonyl (C=O) groups is 1. The Morgan fingerprint density at radius 2 is 1.79 bits per heavy atom. The van der Waals surface area contributed by atoms with Crippen molar-refractivity contribution in [3.05, 3.63) is 62.4 Å². The van der Waals surface area contributed by atoms with Gasteiger partial charge in [-0.3, -0.25) is 18.7 Å². The molecule has 0 aliphatic carbocycles. The van der Waals surface area contributed by atoms with Crippen molar-refractivity contribution >= 4 is 53.1 Å². The van der Waals surface area contributed by atoms with Gasteiger partial charge in [0.1, 0.15) is 11.3 Å². The molecule has 0 fully saturated rings. The van der Waals surface area contributed by atoms with Crippen LogP contribution in [-0.2, 0) is 20.5 Å². The van der Waals surface area contributed by atoms with E-state index in [0.29, 0.717) is 17.6 Å². The van der Waals surface area contributed by atoms with E-state index in [1.807, 2.05) is 18.2 Å². The molecule has 8 nitrogen and oxygen atoms in total. The normalized spacial score (nSPS) is 12.7. The molecule has 0 saturated heterocycles. The molecule has 4 rings (SSSR count). The average molecular weight is 438 g/mol. The van der Waals surface area contributed by atoms with Gasteiger partial charge in [-0.25, -0.2) is 9.78 Å². The molecule has 1 amide bonds. The van der Waals surface area contributed by atoms with Crippen molar-refractivity contribution in [1.29, 1.82) is 0 Å². The van der Waals surface area contributed by atoms with Crippen molar-refractivity contribution in [2.75, 3.05) is 17.2 Å². The van der Waals surface area contributed by atoms with Gasteiger partial charge in [-0.05, 0) is 42.7 Å². The largest absolute Gasteiger partial charge is 0.398 e. The molecule has 0 radical (unpaired) electrons. The fourth-order valence-electron chi connectivity index (χ4n) is 3.57. The molecule has 0 saturated carbocycles. The number of amides is 1. The number of pyridine rings is 1. The minimum atomic E-state index is -0.485. The fourth-order valence-corrected chi connectivity index (χ4v) is 3.57. The first-order valence-electron chi connectivity index (χ1n) is 8.66. The van der Waals surface area contributed by atoms with Crippen LogP contribution in [0.25, 0.3) is 11.0 Å². The van der Waals surface area contributed by atoms with E-state index in [4.69, 9.17) is 5.73 Å². The third-order valence-corrected chi connectivity index (χ3v) is 5.05. The molecule has 2 N–H and O–H groups in total. The first kappa shape index (κ1) is 22.4. The number of hydrogen-bond acceptors (Lipinski definition) is 5. The molecule has 3 heterocycles. The van der Waals surface area contributed by atoms with Gasteiger partial charge in [0.25, 0.3) is 11.5 Å². The van der Waals surface area contributed by atoms with Crippen LogP contribution in [0.15, 0.2) is 39.9 Å². The summed E-state index contributed by atoms with van der Waals surface area (Å²) in [5, 5.41) is 0.291. The Morgan fingerprint density at radius 1 is 1.07 bits per heavy atom. The van der Waals surface area contributed by atoms with Crippen LogP contribution in [0.4, 0.5) is 11.4 Å². The topological polar surface area (TPSA) is 103 Å². The summed E-state index contributed by atoms with van der Waals surface area (Å²) < 4.78 is 2.30. The van der Waals surface area contributed by atoms with Crippen LogP contribution in [0.5, 0.6) is 0 Å². The lowest BCUT2D eigenvalue weighted by Gasteiger charge is -2.30. The molecule has 1 aliphatic rings. The molecule has 0 atom stereocenters. The molecule has 1 aliphatic heterocycles. The Balaban J connectivity index is 0.00000150. The lowest BCUT2D eigenvalue weighted by atomic mass is 9.99. The number of benzene rings is 1. The highest BCUT2D eigenvalue weighted by molar-refractivity contribution is 6.06. The molecule has 0 spiro atoms. The van der Waals surface area contributed by atoms with Crippen molar-refractivity contribution in [2.45, 2.75) is 12.8 Å². The number of hydrogen-bond donors (Lipinski definition) is 1. The molecule has 154 valence electrons. The van der Waals surface area contributed by atoms with Gasteiger partial charge in [0.05, 0.1) is 5.39 Å². The first-order chi connectivity index (χ1) is 12.9. The standard InChI is InChI=1S/C19H19N5O3.2ClH/c1-22-16-12(17(25)23(2)19(22)27)8-9-14(21-16)18(26)24-10-4-5-11-13(20)6-3-7-15(11)24;;/h3,6-9H,4-5,10,20H2,1-2H3;2*1H. The van der Waals surface area contributed by atoms with Gasteiger partial charge >= 0.3 is 5.69 Å². The van der Waals surface area contributed by atoms with Gasteiger partial charge in [-0.15, -0.1) is 24.8 Å². The zero-order valence-corrected chi connectivity index (χ0v) is 17.5. The van der Waals surface area contributed by atoms with Gasteiger partial charge in [0.15, 0.2) is 0 Å². The number of anilines is 2. The maximum Gasteiger partial charge on any atom is 0.332 e. The highest BCUT2D eigenvalue weighted by Crippen LogP contribution is 2.32. The number of carbonyl (C=O) groups excluding carboxylic acids is 1. The van der Waals surface area contributed by atoms with Crippen LogP contribution in [0, 0.1) is 0 Å². The van der Waals surface area contributed by atoms with Gasteiger partial charge < -0.3 is 10.6 Å². The first-order valence-corrected chi connectivity index (χ1v) is 8.66. The van der Waals surface area contributed by atoms with E-state index in [1.54, 1.807) is 11.0 Å². The monoisotopic (exact) mass is 437 g/mol. The predicted octanol–water partition coefficient (Wildman–Crippen LogP) is 1.65. The number of rotatable bonds is 1. The quantitative estimate of drug-likeness (QED) is 0.582. The predicted molar refractivity (Wildman–Crippen MR) is 118 cm³/mol. The molecule has 10 heteroatoms. The molecule has 0 unspecified atom stereocenters. The van der Waals surface area contributed by atoms with Crippen LogP contribution >= 0.6 is 24.8 Å². The second-order valence-electron chi connectivity index (χ2n) is 6.68. The van der Waals surface area contributed by atoms with Gasteiger partial charge in [-0.1, -0.05) is 6.07 Å². The second kappa shape index (κ2) is 8.26. The zero-order valence-electron chi connectivity index (χ0n) is 15.9. The maximum absolute atomic E-state index is 13.1. The van der Waals surface area contributed by atoms with Crippen molar-refractivity contribution < 1.29 is 4.79 Å². The molecular weight excluding hydrogens is 417 g/mol. The Hall–Kier alpha value is -2.84. The summed E-state index contributed by atoms with van der Waals surface area (Å²) in [7, 11) is 2.94. The second-order valence-corrected chi connectivity index (χ2v) is 6.68. The van der Waals surface area contributed by atoms with Crippen LogP contribution in [0.3, 0.4) is 0 Å². The van der Waals surface area contributed by atoms with Gasteiger partial charge in [0, 0.05) is 32.0 Å². The van der Waals surface area contributed by atoms with Crippen molar-refractivity contribution in [3.8, 4) is 0 Å². The lowest BCUT2D eigenvalue weighted by molar-refractivity contribution is 0.0980. The summed E-state index contributed by atoms with van der Waals surface area (Å²) in [6.45, 7) is 0.560. The average Bonchev–Trinajstić information content (AvgIpc) is 2.69. The van der Waals surface area contributed by atoms with E-state index in [1.165, 1.54) is 24.7 Å². The number of fused-ring (bicyclic) bond motifs is 2. The summed E-state index contributed by atoms with van der Waals surface area (Å²) in [6.07, 6.45) is 1.63. The van der Waals surface area contributed by atoms with Crippen molar-refractivity contribution in [3.63, 3.8) is 0 Å². The number of halogens is 2. The SMILES string of the molecule is Cl.Cl.Cn1c(=O)c2ccc(C(=O)N3CCCc4c(N)cccc43)nc2n(C)c1=O. The maximum atomic E-state index is 13.1. The van der Waals surface area contributed by atoms with E-state index in [0.717, 1.165) is 28.7 Å². The molecule has 1 aromatic carbocycles. The molecule has 29 heavy (non-hydrogen) atoms. The number of nitrogens with zero attached hydrogens (tertiary/aromatic N) is 4. The molecule has 0 bridgehead atoms. The van der Waals surface area contributed by atoms with Gasteiger partial charge in [-0.2, -0.15) is 0 Å². The highest BCUT2D eigenvalue weighted by atomic mass is 35.5. The summed E-state index contributed by atoms with van der Waals surface area (Å²) in [5.41, 5.74) is 7.92. The number of nitrogen functional groups attached to an aromatic ring is 1.